The molecule has 0 aromatic carbocycles. The van der Waals surface area contributed by atoms with Crippen molar-refractivity contribution in [3.05, 3.63) is 41.4 Å². The van der Waals surface area contributed by atoms with Crippen LogP contribution in [0.2, 0.25) is 0 Å². The van der Waals surface area contributed by atoms with Crippen LogP contribution >= 0.6 is 0 Å². The van der Waals surface area contributed by atoms with E-state index < -0.39 is 0 Å². The summed E-state index contributed by atoms with van der Waals surface area (Å²) in [6, 6.07) is 5.46. The van der Waals surface area contributed by atoms with E-state index >= 15 is 0 Å². The van der Waals surface area contributed by atoms with Crippen LogP contribution in [0, 0.1) is 13.8 Å². The Morgan fingerprint density at radius 1 is 1.33 bits per heavy atom. The van der Waals surface area contributed by atoms with Gasteiger partial charge in [-0.1, -0.05) is 0 Å². The van der Waals surface area contributed by atoms with Gasteiger partial charge in [-0.2, -0.15) is 5.10 Å². The lowest BCUT2D eigenvalue weighted by atomic mass is 10.3. The molecule has 0 saturated carbocycles. The van der Waals surface area contributed by atoms with Gasteiger partial charge in [0, 0.05) is 11.8 Å². The Bertz CT molecular complexity index is 720. The highest BCUT2D eigenvalue weighted by Gasteiger charge is 2.12. The molecule has 0 saturated heterocycles. The number of hydrogen-bond acceptors (Lipinski definition) is 4. The Labute approximate surface area is 103 Å². The normalized spacial score (nSPS) is 11.0. The van der Waals surface area contributed by atoms with Crippen molar-refractivity contribution in [1.29, 1.82) is 0 Å². The predicted molar refractivity (Wildman–Crippen MR) is 65.6 cm³/mol. The monoisotopic (exact) mass is 241 g/mol. The van der Waals surface area contributed by atoms with E-state index in [9.17, 15) is 4.79 Å². The van der Waals surface area contributed by atoms with Gasteiger partial charge in [0.1, 0.15) is 11.5 Å². The summed E-state index contributed by atoms with van der Waals surface area (Å²) >= 11 is 0. The van der Waals surface area contributed by atoms with Gasteiger partial charge >= 0.3 is 0 Å². The number of carbonyl (C=O) groups excluding carboxylic acids is 1. The van der Waals surface area contributed by atoms with E-state index in [0.29, 0.717) is 17.1 Å². The Morgan fingerprint density at radius 3 is 2.83 bits per heavy atom. The van der Waals surface area contributed by atoms with Crippen LogP contribution in [0.15, 0.2) is 28.8 Å². The zero-order chi connectivity index (χ0) is 12.7. The molecule has 0 radical (unpaired) electrons. The van der Waals surface area contributed by atoms with Crippen molar-refractivity contribution in [3.63, 3.8) is 0 Å². The standard InChI is InChI=1S/C13H11N3O2/c1-8-9(2)18-13(14-8)12-5-11-4-3-10(7-17)6-16(11)15-12/h3-7H,1-2H3. The number of oxazole rings is 1. The Balaban J connectivity index is 2.15. The summed E-state index contributed by atoms with van der Waals surface area (Å²) in [5, 5.41) is 4.35. The molecular weight excluding hydrogens is 230 g/mol. The number of aryl methyl sites for hydroxylation is 2. The molecule has 0 spiro atoms. The lowest BCUT2D eigenvalue weighted by molar-refractivity contribution is 0.112. The summed E-state index contributed by atoms with van der Waals surface area (Å²) in [6.07, 6.45) is 2.47. The predicted octanol–water partition coefficient (Wildman–Crippen LogP) is 2.42. The molecule has 0 fully saturated rings. The largest absolute Gasteiger partial charge is 0.440 e. The van der Waals surface area contributed by atoms with Gasteiger partial charge in [0.25, 0.3) is 0 Å². The van der Waals surface area contributed by atoms with E-state index in [0.717, 1.165) is 23.3 Å². The van der Waals surface area contributed by atoms with Gasteiger partial charge in [-0.25, -0.2) is 9.50 Å². The van der Waals surface area contributed by atoms with Crippen molar-refractivity contribution < 1.29 is 9.21 Å². The number of carbonyl (C=O) groups is 1. The third-order valence-corrected chi connectivity index (χ3v) is 2.87. The first-order valence-corrected chi connectivity index (χ1v) is 5.56. The number of hydrogen-bond donors (Lipinski definition) is 0. The summed E-state index contributed by atoms with van der Waals surface area (Å²) in [7, 11) is 0. The zero-order valence-corrected chi connectivity index (χ0v) is 10.0. The summed E-state index contributed by atoms with van der Waals surface area (Å²) in [4.78, 5) is 15.0. The molecule has 3 heterocycles. The highest BCUT2D eigenvalue weighted by molar-refractivity contribution is 5.75. The fourth-order valence-electron chi connectivity index (χ4n) is 1.76. The molecule has 5 nitrogen and oxygen atoms in total. The highest BCUT2D eigenvalue weighted by Crippen LogP contribution is 2.21. The van der Waals surface area contributed by atoms with Gasteiger partial charge in [0.15, 0.2) is 6.29 Å². The van der Waals surface area contributed by atoms with E-state index in [1.54, 1.807) is 16.8 Å². The van der Waals surface area contributed by atoms with Gasteiger partial charge in [0.2, 0.25) is 5.89 Å². The van der Waals surface area contributed by atoms with Crippen molar-refractivity contribution in [2.24, 2.45) is 0 Å². The summed E-state index contributed by atoms with van der Waals surface area (Å²) in [5.41, 5.74) is 2.99. The first kappa shape index (κ1) is 10.7. The highest BCUT2D eigenvalue weighted by atomic mass is 16.4. The summed E-state index contributed by atoms with van der Waals surface area (Å²) in [6.45, 7) is 3.76. The lowest BCUT2D eigenvalue weighted by Gasteiger charge is -1.92. The van der Waals surface area contributed by atoms with Crippen LogP contribution in [-0.4, -0.2) is 20.9 Å². The SMILES string of the molecule is Cc1nc(-c2cc3ccc(C=O)cn3n2)oc1C. The van der Waals surface area contributed by atoms with Gasteiger partial charge in [-0.3, -0.25) is 4.79 Å². The van der Waals surface area contributed by atoms with E-state index in [1.807, 2.05) is 26.0 Å². The average Bonchev–Trinajstić information content (AvgIpc) is 2.92. The second-order valence-corrected chi connectivity index (χ2v) is 4.14. The summed E-state index contributed by atoms with van der Waals surface area (Å²) in [5.74, 6) is 1.29. The number of fused-ring (bicyclic) bond motifs is 1. The van der Waals surface area contributed by atoms with Gasteiger partial charge < -0.3 is 4.42 Å². The minimum atomic E-state index is 0.501. The second kappa shape index (κ2) is 3.80. The third kappa shape index (κ3) is 1.60. The molecule has 18 heavy (non-hydrogen) atoms. The number of pyridine rings is 1. The Hall–Kier alpha value is -2.43. The third-order valence-electron chi connectivity index (χ3n) is 2.87. The first-order chi connectivity index (χ1) is 8.67. The van der Waals surface area contributed by atoms with E-state index in [-0.39, 0.29) is 0 Å². The van der Waals surface area contributed by atoms with Crippen molar-refractivity contribution in [1.82, 2.24) is 14.6 Å². The van der Waals surface area contributed by atoms with Crippen molar-refractivity contribution in [3.8, 4) is 11.6 Å². The quantitative estimate of drug-likeness (QED) is 0.646. The van der Waals surface area contributed by atoms with Crippen LogP contribution in [0.4, 0.5) is 0 Å². The van der Waals surface area contributed by atoms with Crippen molar-refractivity contribution >= 4 is 11.8 Å². The number of aromatic nitrogens is 3. The molecule has 0 bridgehead atoms. The summed E-state index contributed by atoms with van der Waals surface area (Å²) < 4.78 is 7.18. The van der Waals surface area contributed by atoms with Crippen molar-refractivity contribution in [2.45, 2.75) is 13.8 Å². The topological polar surface area (TPSA) is 60.4 Å². The maximum absolute atomic E-state index is 10.7. The van der Waals surface area contributed by atoms with Gasteiger partial charge in [-0.15, -0.1) is 0 Å². The van der Waals surface area contributed by atoms with Crippen LogP contribution in [-0.2, 0) is 0 Å². The molecule has 0 N–H and O–H groups in total. The molecule has 0 atom stereocenters. The molecule has 0 amide bonds. The van der Waals surface area contributed by atoms with Crippen LogP contribution in [0.3, 0.4) is 0 Å². The second-order valence-electron chi connectivity index (χ2n) is 4.14. The molecular formula is C13H11N3O2. The Morgan fingerprint density at radius 2 is 2.17 bits per heavy atom. The minimum Gasteiger partial charge on any atom is -0.440 e. The van der Waals surface area contributed by atoms with Crippen molar-refractivity contribution in [2.75, 3.05) is 0 Å². The van der Waals surface area contributed by atoms with Gasteiger partial charge in [-0.05, 0) is 32.0 Å². The van der Waals surface area contributed by atoms with Crippen LogP contribution in [0.25, 0.3) is 17.1 Å². The maximum Gasteiger partial charge on any atom is 0.247 e. The fourth-order valence-corrected chi connectivity index (χ4v) is 1.76. The number of aldehydes is 1. The molecule has 3 rings (SSSR count). The van der Waals surface area contributed by atoms with Crippen LogP contribution in [0.5, 0.6) is 0 Å². The van der Waals surface area contributed by atoms with Gasteiger partial charge in [0.05, 0.1) is 11.2 Å². The molecule has 0 aliphatic rings. The van der Waals surface area contributed by atoms with Crippen LogP contribution < -0.4 is 0 Å². The molecule has 90 valence electrons. The van der Waals surface area contributed by atoms with Crippen LogP contribution in [0.1, 0.15) is 21.8 Å². The number of rotatable bonds is 2. The lowest BCUT2D eigenvalue weighted by Crippen LogP contribution is -1.90. The minimum absolute atomic E-state index is 0.501. The Kier molecular flexibility index (Phi) is 2.26. The first-order valence-electron chi connectivity index (χ1n) is 5.56. The fraction of sp³-hybridized carbons (Fsp3) is 0.154. The smallest absolute Gasteiger partial charge is 0.247 e. The molecule has 0 aliphatic carbocycles. The maximum atomic E-state index is 10.7. The van der Waals surface area contributed by atoms with E-state index in [1.165, 1.54) is 0 Å². The zero-order valence-electron chi connectivity index (χ0n) is 10.0. The van der Waals surface area contributed by atoms with E-state index in [2.05, 4.69) is 10.1 Å². The molecule has 3 aromatic heterocycles. The molecule has 0 unspecified atom stereocenters. The average molecular weight is 241 g/mol. The van der Waals surface area contributed by atoms with E-state index in [4.69, 9.17) is 4.42 Å². The molecule has 0 aliphatic heterocycles. The molecule has 5 heteroatoms. The number of nitrogens with zero attached hydrogens (tertiary/aromatic N) is 3. The molecule has 3 aromatic rings.